The van der Waals surface area contributed by atoms with Crippen LogP contribution >= 0.6 is 11.3 Å². The first kappa shape index (κ1) is 31.9. The first-order chi connectivity index (χ1) is 28.2. The Morgan fingerprint density at radius 2 is 0.930 bits per heavy atom. The van der Waals surface area contributed by atoms with E-state index in [1.807, 2.05) is 47.7 Å². The van der Waals surface area contributed by atoms with Crippen LogP contribution in [0.15, 0.2) is 186 Å². The molecule has 0 bridgehead atoms. The quantitative estimate of drug-likeness (QED) is 0.176. The van der Waals surface area contributed by atoms with E-state index in [2.05, 4.69) is 150 Å². The van der Waals surface area contributed by atoms with Crippen molar-refractivity contribution in [2.45, 2.75) is 0 Å². The highest BCUT2D eigenvalue weighted by molar-refractivity contribution is 7.25. The van der Waals surface area contributed by atoms with Crippen molar-refractivity contribution in [1.82, 2.24) is 19.5 Å². The van der Waals surface area contributed by atoms with E-state index in [-0.39, 0.29) is 0 Å². The van der Waals surface area contributed by atoms with Crippen LogP contribution in [-0.2, 0) is 0 Å². The van der Waals surface area contributed by atoms with Gasteiger partial charge in [-0.25, -0.2) is 15.0 Å². The lowest BCUT2D eigenvalue weighted by atomic mass is 10.0. The summed E-state index contributed by atoms with van der Waals surface area (Å²) in [5, 5.41) is 7.12. The van der Waals surface area contributed by atoms with Crippen LogP contribution < -0.4 is 0 Å². The van der Waals surface area contributed by atoms with E-state index in [0.29, 0.717) is 17.5 Å². The highest BCUT2D eigenvalue weighted by Crippen LogP contribution is 2.39. The van der Waals surface area contributed by atoms with Crippen molar-refractivity contribution >= 4 is 75.3 Å². The second kappa shape index (κ2) is 12.6. The molecule has 0 fully saturated rings. The van der Waals surface area contributed by atoms with Gasteiger partial charge in [0.25, 0.3) is 0 Å². The van der Waals surface area contributed by atoms with Gasteiger partial charge in [0.15, 0.2) is 17.5 Å². The summed E-state index contributed by atoms with van der Waals surface area (Å²) < 4.78 is 11.4. The summed E-state index contributed by atoms with van der Waals surface area (Å²) in [4.78, 5) is 15.3. The minimum Gasteiger partial charge on any atom is -0.456 e. The zero-order valence-corrected chi connectivity index (χ0v) is 31.2. The standard InChI is InChI=1S/C51H30N4OS/c1-3-11-31(12-4-1)49-52-50(34-20-23-38-37-15-7-9-17-43(37)55(44(38)28-34)36-13-5-2-6-14-36)54-51(53-49)35-21-24-39-42-27-32(22-26-45(42)56-46(39)29-35)33-19-25-41-40-16-8-10-18-47(40)57-48(41)30-33/h1-30H. The lowest BCUT2D eigenvalue weighted by Crippen LogP contribution is -2.00. The molecule has 0 radical (unpaired) electrons. The molecule has 0 N–H and O–H groups in total. The van der Waals surface area contributed by atoms with E-state index in [1.54, 1.807) is 0 Å². The summed E-state index contributed by atoms with van der Waals surface area (Å²) in [7, 11) is 0. The molecule has 0 aliphatic rings. The molecule has 0 unspecified atom stereocenters. The molecule has 0 saturated heterocycles. The molecular weight excluding hydrogens is 717 g/mol. The maximum absolute atomic E-state index is 6.51. The predicted molar refractivity (Wildman–Crippen MR) is 236 cm³/mol. The van der Waals surface area contributed by atoms with Gasteiger partial charge in [-0.05, 0) is 71.8 Å². The van der Waals surface area contributed by atoms with Crippen LogP contribution in [0.3, 0.4) is 0 Å². The van der Waals surface area contributed by atoms with Crippen LogP contribution in [0.5, 0.6) is 0 Å². The molecule has 0 spiro atoms. The topological polar surface area (TPSA) is 56.7 Å². The Labute approximate surface area is 330 Å². The molecule has 0 aliphatic heterocycles. The smallest absolute Gasteiger partial charge is 0.164 e. The Bertz CT molecular complexity index is 3530. The van der Waals surface area contributed by atoms with E-state index in [4.69, 9.17) is 19.4 Å². The highest BCUT2D eigenvalue weighted by atomic mass is 32.1. The Kier molecular flexibility index (Phi) is 7.03. The molecule has 0 aliphatic carbocycles. The van der Waals surface area contributed by atoms with E-state index in [0.717, 1.165) is 60.9 Å². The van der Waals surface area contributed by atoms with Crippen LogP contribution in [0.25, 0.3) is 115 Å². The van der Waals surface area contributed by atoms with Gasteiger partial charge in [0.2, 0.25) is 0 Å². The third-order valence-corrected chi connectivity index (χ3v) is 12.2. The molecule has 0 saturated carbocycles. The van der Waals surface area contributed by atoms with Gasteiger partial charge in [0, 0.05) is 64.1 Å². The van der Waals surface area contributed by atoms with E-state index in [9.17, 15) is 0 Å². The molecule has 5 nitrogen and oxygen atoms in total. The lowest BCUT2D eigenvalue weighted by Gasteiger charge is -2.10. The lowest BCUT2D eigenvalue weighted by molar-refractivity contribution is 0.669. The van der Waals surface area contributed by atoms with Gasteiger partial charge < -0.3 is 8.98 Å². The van der Waals surface area contributed by atoms with Crippen LogP contribution in [-0.4, -0.2) is 19.5 Å². The highest BCUT2D eigenvalue weighted by Gasteiger charge is 2.18. The summed E-state index contributed by atoms with van der Waals surface area (Å²) in [5.41, 5.74) is 10.0. The number of hydrogen-bond donors (Lipinski definition) is 0. The number of furan rings is 1. The van der Waals surface area contributed by atoms with Gasteiger partial charge in [-0.3, -0.25) is 0 Å². The molecule has 12 rings (SSSR count). The molecule has 57 heavy (non-hydrogen) atoms. The normalized spacial score (nSPS) is 11.9. The average Bonchev–Trinajstić information content (AvgIpc) is 3.95. The van der Waals surface area contributed by atoms with Crippen molar-refractivity contribution in [2.75, 3.05) is 0 Å². The van der Waals surface area contributed by atoms with Crippen molar-refractivity contribution in [3.63, 3.8) is 0 Å². The number of fused-ring (bicyclic) bond motifs is 9. The van der Waals surface area contributed by atoms with Gasteiger partial charge >= 0.3 is 0 Å². The van der Waals surface area contributed by atoms with Crippen molar-refractivity contribution < 1.29 is 4.42 Å². The van der Waals surface area contributed by atoms with Gasteiger partial charge in [-0.2, -0.15) is 0 Å². The molecule has 6 heteroatoms. The summed E-state index contributed by atoms with van der Waals surface area (Å²) in [6, 6.07) is 63.8. The number of benzene rings is 8. The fraction of sp³-hybridized carbons (Fsp3) is 0. The van der Waals surface area contributed by atoms with Crippen molar-refractivity contribution in [3.8, 4) is 51.0 Å². The summed E-state index contributed by atoms with van der Waals surface area (Å²) in [5.74, 6) is 1.81. The third-order valence-electron chi connectivity index (χ3n) is 11.1. The Hall–Kier alpha value is -7.41. The molecule has 0 amide bonds. The predicted octanol–water partition coefficient (Wildman–Crippen LogP) is 13.9. The minimum absolute atomic E-state index is 0.585. The number of para-hydroxylation sites is 2. The molecule has 0 atom stereocenters. The number of aromatic nitrogens is 4. The van der Waals surface area contributed by atoms with Gasteiger partial charge in [0.1, 0.15) is 11.2 Å². The summed E-state index contributed by atoms with van der Waals surface area (Å²) >= 11 is 1.84. The second-order valence-electron chi connectivity index (χ2n) is 14.4. The van der Waals surface area contributed by atoms with E-state index < -0.39 is 0 Å². The van der Waals surface area contributed by atoms with Crippen LogP contribution in [0.4, 0.5) is 0 Å². The van der Waals surface area contributed by atoms with Crippen molar-refractivity contribution in [2.24, 2.45) is 0 Å². The zero-order chi connectivity index (χ0) is 37.5. The van der Waals surface area contributed by atoms with E-state index >= 15 is 0 Å². The fourth-order valence-electron chi connectivity index (χ4n) is 8.32. The zero-order valence-electron chi connectivity index (χ0n) is 30.4. The maximum Gasteiger partial charge on any atom is 0.164 e. The van der Waals surface area contributed by atoms with E-state index in [1.165, 1.54) is 36.5 Å². The van der Waals surface area contributed by atoms with Crippen molar-refractivity contribution in [3.05, 3.63) is 182 Å². The van der Waals surface area contributed by atoms with Gasteiger partial charge in [0.05, 0.1) is 11.0 Å². The van der Waals surface area contributed by atoms with Crippen LogP contribution in [0.2, 0.25) is 0 Å². The molecule has 4 aromatic heterocycles. The van der Waals surface area contributed by atoms with Gasteiger partial charge in [-0.1, -0.05) is 121 Å². The molecule has 266 valence electrons. The number of hydrogen-bond acceptors (Lipinski definition) is 5. The number of thiophene rings is 1. The fourth-order valence-corrected chi connectivity index (χ4v) is 9.46. The second-order valence-corrected chi connectivity index (χ2v) is 15.5. The Morgan fingerprint density at radius 3 is 1.75 bits per heavy atom. The molecular formula is C51H30N4OS. The molecule has 12 aromatic rings. The first-order valence-corrected chi connectivity index (χ1v) is 19.8. The Morgan fingerprint density at radius 1 is 0.351 bits per heavy atom. The maximum atomic E-state index is 6.51. The van der Waals surface area contributed by atoms with Crippen LogP contribution in [0.1, 0.15) is 0 Å². The first-order valence-electron chi connectivity index (χ1n) is 19.0. The summed E-state index contributed by atoms with van der Waals surface area (Å²) in [6.45, 7) is 0. The minimum atomic E-state index is 0.585. The monoisotopic (exact) mass is 746 g/mol. The SMILES string of the molecule is c1ccc(-c2nc(-c3ccc4c(c3)oc3ccc(-c5ccc6c(c5)sc5ccccc56)cc34)nc(-c3ccc4c5ccccc5n(-c5ccccc5)c4c3)n2)cc1. The largest absolute Gasteiger partial charge is 0.456 e. The summed E-state index contributed by atoms with van der Waals surface area (Å²) in [6.07, 6.45) is 0. The molecule has 4 heterocycles. The third kappa shape index (κ3) is 5.19. The van der Waals surface area contributed by atoms with Crippen molar-refractivity contribution in [1.29, 1.82) is 0 Å². The average molecular weight is 747 g/mol. The van der Waals surface area contributed by atoms with Crippen LogP contribution in [0, 0.1) is 0 Å². The number of rotatable bonds is 5. The molecule has 8 aromatic carbocycles. The van der Waals surface area contributed by atoms with Gasteiger partial charge in [-0.15, -0.1) is 11.3 Å². The Balaban J connectivity index is 0.983. The number of nitrogens with zero attached hydrogens (tertiary/aromatic N) is 4.